The van der Waals surface area contributed by atoms with E-state index in [1.165, 1.54) is 11.6 Å². The average Bonchev–Trinajstić information content (AvgIpc) is 3.11. The van der Waals surface area contributed by atoms with Gasteiger partial charge in [0.25, 0.3) is 5.13 Å². The summed E-state index contributed by atoms with van der Waals surface area (Å²) < 4.78 is 63.2. The number of fused-ring (bicyclic) bond motifs is 1. The summed E-state index contributed by atoms with van der Waals surface area (Å²) in [6.45, 7) is 3.29. The van der Waals surface area contributed by atoms with Crippen LogP contribution in [0.25, 0.3) is 0 Å². The summed E-state index contributed by atoms with van der Waals surface area (Å²) in [7, 11) is -5.59. The van der Waals surface area contributed by atoms with Crippen molar-refractivity contribution >= 4 is 43.6 Å². The van der Waals surface area contributed by atoms with Crippen molar-refractivity contribution in [2.45, 2.75) is 25.3 Å². The van der Waals surface area contributed by atoms with Gasteiger partial charge in [-0.15, -0.1) is 20.4 Å². The third-order valence-corrected chi connectivity index (χ3v) is 5.61. The van der Waals surface area contributed by atoms with Crippen molar-refractivity contribution in [2.75, 3.05) is 22.7 Å². The molecule has 0 spiro atoms. The van der Waals surface area contributed by atoms with Crippen LogP contribution >= 0.6 is 11.3 Å². The Bertz CT molecular complexity index is 945. The number of benzene rings is 1. The van der Waals surface area contributed by atoms with Gasteiger partial charge >= 0.3 is 15.5 Å². The topological polar surface area (TPSA) is 99.9 Å². The number of sulfonamides is 1. The number of hydrogen-bond acceptors (Lipinski definition) is 8. The summed E-state index contributed by atoms with van der Waals surface area (Å²) >= 11 is 1.09. The van der Waals surface area contributed by atoms with E-state index in [4.69, 9.17) is 0 Å². The summed E-state index contributed by atoms with van der Waals surface area (Å²) in [5.74, 6) is 0. The van der Waals surface area contributed by atoms with E-state index in [0.29, 0.717) is 18.7 Å². The van der Waals surface area contributed by atoms with Gasteiger partial charge in [-0.05, 0) is 37.5 Å². The number of halogens is 3. The molecule has 1 aromatic carbocycles. The fourth-order valence-electron chi connectivity index (χ4n) is 2.70. The van der Waals surface area contributed by atoms with Crippen LogP contribution in [0.4, 0.5) is 35.4 Å². The van der Waals surface area contributed by atoms with Gasteiger partial charge in [0, 0.05) is 18.8 Å². The third-order valence-electron chi connectivity index (χ3n) is 3.93. The van der Waals surface area contributed by atoms with Gasteiger partial charge in [0.15, 0.2) is 0 Å². The number of aromatic nitrogens is 2. The highest BCUT2D eigenvalue weighted by Gasteiger charge is 2.46. The molecule has 0 fully saturated rings. The lowest BCUT2D eigenvalue weighted by Gasteiger charge is -2.31. The molecule has 0 amide bonds. The fraction of sp³-hybridized carbons (Fsp3) is 0.429. The molecule has 2 aromatic rings. The van der Waals surface area contributed by atoms with E-state index in [9.17, 15) is 21.6 Å². The van der Waals surface area contributed by atoms with Gasteiger partial charge < -0.3 is 4.90 Å². The number of aryl methyl sites for hydroxylation is 1. The molecule has 0 saturated heterocycles. The Morgan fingerprint density at radius 3 is 2.74 bits per heavy atom. The summed E-state index contributed by atoms with van der Waals surface area (Å²) in [6, 6.07) is 2.92. The number of hydrogen-bond donors (Lipinski definition) is 1. The smallest absolute Gasteiger partial charge is 0.372 e. The van der Waals surface area contributed by atoms with E-state index in [1.807, 2.05) is 11.8 Å². The highest BCUT2D eigenvalue weighted by molar-refractivity contribution is 7.93. The number of alkyl halides is 3. The molecular weight excluding hydrogens is 405 g/mol. The van der Waals surface area contributed by atoms with Gasteiger partial charge in [0.2, 0.25) is 0 Å². The van der Waals surface area contributed by atoms with Crippen LogP contribution in [-0.2, 0) is 16.4 Å². The van der Waals surface area contributed by atoms with Crippen LogP contribution in [0, 0.1) is 0 Å². The lowest BCUT2D eigenvalue weighted by atomic mass is 10.0. The summed E-state index contributed by atoms with van der Waals surface area (Å²) in [6.07, 6.45) is 1.58. The van der Waals surface area contributed by atoms with Crippen molar-refractivity contribution in [3.8, 4) is 0 Å². The Hall–Kier alpha value is -2.28. The van der Waals surface area contributed by atoms with Gasteiger partial charge in [0.1, 0.15) is 11.2 Å². The molecule has 0 bridgehead atoms. The third kappa shape index (κ3) is 4.18. The van der Waals surface area contributed by atoms with Gasteiger partial charge in [-0.1, -0.05) is 11.3 Å². The van der Waals surface area contributed by atoms with E-state index >= 15 is 0 Å². The molecular formula is C14H15F3N6O2S2. The van der Waals surface area contributed by atoms with Crippen molar-refractivity contribution in [1.82, 2.24) is 10.2 Å². The molecule has 146 valence electrons. The molecule has 1 aliphatic heterocycles. The highest BCUT2D eigenvalue weighted by atomic mass is 32.2. The van der Waals surface area contributed by atoms with Crippen LogP contribution in [0.3, 0.4) is 0 Å². The quantitative estimate of drug-likeness (QED) is 0.738. The molecule has 13 heteroatoms. The zero-order valence-corrected chi connectivity index (χ0v) is 15.7. The molecule has 0 aliphatic carbocycles. The molecule has 8 nitrogen and oxygen atoms in total. The summed E-state index contributed by atoms with van der Waals surface area (Å²) in [5.41, 5.74) is -2.79. The Balaban J connectivity index is 2.07. The zero-order valence-electron chi connectivity index (χ0n) is 14.1. The van der Waals surface area contributed by atoms with Gasteiger partial charge in [0.05, 0.1) is 5.69 Å². The van der Waals surface area contributed by atoms with Crippen LogP contribution in [0.15, 0.2) is 27.9 Å². The van der Waals surface area contributed by atoms with Crippen molar-refractivity contribution in [3.63, 3.8) is 0 Å². The molecule has 1 aromatic heterocycles. The van der Waals surface area contributed by atoms with Crippen molar-refractivity contribution in [1.29, 1.82) is 0 Å². The first kappa shape index (κ1) is 19.5. The number of azo groups is 1. The van der Waals surface area contributed by atoms with Gasteiger partial charge in [-0.2, -0.15) is 21.6 Å². The second-order valence-electron chi connectivity index (χ2n) is 5.65. The molecule has 2 heterocycles. The number of nitrogens with zero attached hydrogens (tertiary/aromatic N) is 5. The van der Waals surface area contributed by atoms with Crippen molar-refractivity contribution in [2.24, 2.45) is 10.2 Å². The molecule has 0 unspecified atom stereocenters. The first-order chi connectivity index (χ1) is 12.7. The summed E-state index contributed by atoms with van der Waals surface area (Å²) in [4.78, 5) is 1.97. The molecule has 1 aliphatic rings. The van der Waals surface area contributed by atoms with E-state index in [2.05, 4.69) is 20.4 Å². The molecule has 0 saturated carbocycles. The fourth-order valence-corrected chi connectivity index (χ4v) is 3.64. The highest BCUT2D eigenvalue weighted by Crippen LogP contribution is 2.39. The zero-order chi connectivity index (χ0) is 19.7. The molecule has 27 heavy (non-hydrogen) atoms. The lowest BCUT2D eigenvalue weighted by molar-refractivity contribution is -0.0429. The average molecular weight is 420 g/mol. The van der Waals surface area contributed by atoms with Gasteiger partial charge in [-0.25, -0.2) is 0 Å². The number of rotatable bonds is 5. The minimum atomic E-state index is -5.59. The lowest BCUT2D eigenvalue weighted by Crippen LogP contribution is -2.31. The maximum absolute atomic E-state index is 12.8. The SMILES string of the molecule is CCN1CCCc2cc(N=Nc3nncs3)c(NS(=O)(=O)C(F)(F)F)cc21. The van der Waals surface area contributed by atoms with E-state index in [1.54, 1.807) is 10.8 Å². The standard InChI is InChI=1S/C14H15F3N6O2S2/c1-2-23-5-3-4-9-6-10(19-21-13-20-18-8-26-13)11(7-12(9)23)22-27(24,25)14(15,16)17/h6-8,22H,2-5H2,1H3. The monoisotopic (exact) mass is 420 g/mol. The Kier molecular flexibility index (Phi) is 5.33. The van der Waals surface area contributed by atoms with Crippen LogP contribution < -0.4 is 9.62 Å². The van der Waals surface area contributed by atoms with E-state index in [0.717, 1.165) is 29.9 Å². The molecule has 0 atom stereocenters. The first-order valence-corrected chi connectivity index (χ1v) is 10.3. The first-order valence-electron chi connectivity index (χ1n) is 7.90. The second kappa shape index (κ2) is 7.38. The molecule has 1 N–H and O–H groups in total. The molecule has 0 radical (unpaired) electrons. The normalized spacial score (nSPS) is 15.2. The van der Waals surface area contributed by atoms with Crippen molar-refractivity contribution in [3.05, 3.63) is 23.2 Å². The van der Waals surface area contributed by atoms with Gasteiger partial charge in [-0.3, -0.25) is 4.72 Å². The molecule has 3 rings (SSSR count). The maximum atomic E-state index is 12.8. The predicted molar refractivity (Wildman–Crippen MR) is 95.3 cm³/mol. The Morgan fingerprint density at radius 2 is 2.11 bits per heavy atom. The number of nitrogens with one attached hydrogen (secondary N) is 1. The minimum Gasteiger partial charge on any atom is -0.372 e. The Morgan fingerprint density at radius 1 is 1.33 bits per heavy atom. The van der Waals surface area contributed by atoms with Crippen molar-refractivity contribution < 1.29 is 21.6 Å². The second-order valence-corrected chi connectivity index (χ2v) is 8.14. The minimum absolute atomic E-state index is 0.0188. The maximum Gasteiger partial charge on any atom is 0.516 e. The number of anilines is 2. The van der Waals surface area contributed by atoms with Crippen LogP contribution in [-0.4, -0.2) is 37.2 Å². The van der Waals surface area contributed by atoms with Crippen LogP contribution in [0.1, 0.15) is 18.9 Å². The van der Waals surface area contributed by atoms with Crippen LogP contribution in [0.2, 0.25) is 0 Å². The largest absolute Gasteiger partial charge is 0.516 e. The predicted octanol–water partition coefficient (Wildman–Crippen LogP) is 3.99. The van der Waals surface area contributed by atoms with E-state index < -0.39 is 15.5 Å². The Labute approximate surface area is 157 Å². The van der Waals surface area contributed by atoms with E-state index in [-0.39, 0.29) is 16.5 Å². The summed E-state index contributed by atoms with van der Waals surface area (Å²) in [5, 5.41) is 15.2. The van der Waals surface area contributed by atoms with Crippen LogP contribution in [0.5, 0.6) is 0 Å².